The summed E-state index contributed by atoms with van der Waals surface area (Å²) in [7, 11) is -1.34. The summed E-state index contributed by atoms with van der Waals surface area (Å²) < 4.78 is 28.9. The van der Waals surface area contributed by atoms with E-state index in [1.54, 1.807) is 12.1 Å². The van der Waals surface area contributed by atoms with Gasteiger partial charge in [0.2, 0.25) is 0 Å². The molecule has 3 rings (SSSR count). The highest BCUT2D eigenvalue weighted by Gasteiger charge is 2.19. The Labute approximate surface area is 208 Å². The Morgan fingerprint density at radius 1 is 1.03 bits per heavy atom. The molecule has 0 atom stereocenters. The summed E-state index contributed by atoms with van der Waals surface area (Å²) >= 11 is 0. The molecule has 1 aliphatic rings. The van der Waals surface area contributed by atoms with Crippen LogP contribution in [-0.4, -0.2) is 83.4 Å². The molecule has 7 nitrogen and oxygen atoms in total. The zero-order valence-corrected chi connectivity index (χ0v) is 21.9. The van der Waals surface area contributed by atoms with Crippen molar-refractivity contribution < 1.29 is 13.2 Å². The maximum Gasteiger partial charge on any atom is 0.193 e. The van der Waals surface area contributed by atoms with Gasteiger partial charge < -0.3 is 15.0 Å². The zero-order chi connectivity index (χ0) is 22.1. The van der Waals surface area contributed by atoms with E-state index in [4.69, 9.17) is 4.74 Å². The highest BCUT2D eigenvalue weighted by Crippen LogP contribution is 2.11. The summed E-state index contributed by atoms with van der Waals surface area (Å²) in [5.74, 6) is 1.82. The number of guanidine groups is 1. The topological polar surface area (TPSA) is 74.2 Å². The van der Waals surface area contributed by atoms with Crippen LogP contribution >= 0.6 is 24.0 Å². The standard InChI is InChI=1S/C23H32N4O3S.HI/c1-24-23(25-13-12-20-8-10-22(11-9-20)31(2,28)29)27-16-14-26(15-17-27)18-19-30-21-6-4-3-5-7-21;/h3-11H,12-19H2,1-2H3,(H,24,25);1H. The van der Waals surface area contributed by atoms with Crippen molar-refractivity contribution in [3.63, 3.8) is 0 Å². The highest BCUT2D eigenvalue weighted by molar-refractivity contribution is 14.0. The molecule has 1 N–H and O–H groups in total. The van der Waals surface area contributed by atoms with Crippen molar-refractivity contribution in [1.82, 2.24) is 15.1 Å². The van der Waals surface area contributed by atoms with Gasteiger partial charge in [-0.1, -0.05) is 30.3 Å². The van der Waals surface area contributed by atoms with Crippen LogP contribution in [-0.2, 0) is 16.3 Å². The van der Waals surface area contributed by atoms with E-state index in [-0.39, 0.29) is 24.0 Å². The van der Waals surface area contributed by atoms with E-state index in [0.717, 1.165) is 63.0 Å². The molecule has 1 saturated heterocycles. The maximum atomic E-state index is 11.6. The molecule has 1 fully saturated rings. The number of nitrogens with one attached hydrogen (secondary N) is 1. The number of aliphatic imine (C=N–C) groups is 1. The van der Waals surface area contributed by atoms with E-state index < -0.39 is 9.84 Å². The van der Waals surface area contributed by atoms with Crippen molar-refractivity contribution in [3.05, 3.63) is 60.2 Å². The number of rotatable bonds is 8. The molecule has 0 saturated carbocycles. The number of ether oxygens (including phenoxy) is 1. The van der Waals surface area contributed by atoms with Gasteiger partial charge in [0.25, 0.3) is 0 Å². The van der Waals surface area contributed by atoms with Gasteiger partial charge in [0.1, 0.15) is 12.4 Å². The first-order valence-electron chi connectivity index (χ1n) is 10.6. The molecule has 0 radical (unpaired) electrons. The van der Waals surface area contributed by atoms with E-state index in [9.17, 15) is 8.42 Å². The number of nitrogens with zero attached hydrogens (tertiary/aromatic N) is 3. The smallest absolute Gasteiger partial charge is 0.193 e. The molecule has 32 heavy (non-hydrogen) atoms. The van der Waals surface area contributed by atoms with Crippen LogP contribution in [0.4, 0.5) is 0 Å². The van der Waals surface area contributed by atoms with Crippen molar-refractivity contribution in [3.8, 4) is 5.75 Å². The van der Waals surface area contributed by atoms with Gasteiger partial charge in [0.05, 0.1) is 4.90 Å². The van der Waals surface area contributed by atoms with E-state index >= 15 is 0 Å². The highest BCUT2D eigenvalue weighted by atomic mass is 127. The lowest BCUT2D eigenvalue weighted by molar-refractivity contribution is 0.152. The molecule has 2 aromatic carbocycles. The molecule has 0 aliphatic carbocycles. The van der Waals surface area contributed by atoms with Crippen LogP contribution in [0.2, 0.25) is 0 Å². The van der Waals surface area contributed by atoms with Crippen molar-refractivity contribution in [1.29, 1.82) is 0 Å². The van der Waals surface area contributed by atoms with E-state index in [0.29, 0.717) is 11.5 Å². The molecule has 2 aromatic rings. The third-order valence-electron chi connectivity index (χ3n) is 5.35. The quantitative estimate of drug-likeness (QED) is 0.298. The second kappa shape index (κ2) is 13.0. The Kier molecular flexibility index (Phi) is 10.7. The average molecular weight is 573 g/mol. The molecule has 0 amide bonds. The number of hydrogen-bond donors (Lipinski definition) is 1. The first-order chi connectivity index (χ1) is 15.0. The van der Waals surface area contributed by atoms with Crippen LogP contribution in [0.1, 0.15) is 5.56 Å². The number of sulfone groups is 1. The molecule has 176 valence electrons. The number of benzene rings is 2. The summed E-state index contributed by atoms with van der Waals surface area (Å²) in [5, 5.41) is 3.43. The molecule has 9 heteroatoms. The van der Waals surface area contributed by atoms with Crippen molar-refractivity contribution >= 4 is 39.8 Å². The van der Waals surface area contributed by atoms with Crippen LogP contribution in [0.25, 0.3) is 0 Å². The minimum Gasteiger partial charge on any atom is -0.492 e. The predicted molar refractivity (Wildman–Crippen MR) is 140 cm³/mol. The van der Waals surface area contributed by atoms with Gasteiger partial charge >= 0.3 is 0 Å². The normalized spacial score (nSPS) is 15.2. The second-order valence-electron chi connectivity index (χ2n) is 7.63. The summed E-state index contributed by atoms with van der Waals surface area (Å²) in [6.07, 6.45) is 2.03. The van der Waals surface area contributed by atoms with Crippen LogP contribution < -0.4 is 10.1 Å². The van der Waals surface area contributed by atoms with E-state index in [1.807, 2.05) is 49.5 Å². The van der Waals surface area contributed by atoms with Gasteiger partial charge in [0.15, 0.2) is 15.8 Å². The zero-order valence-electron chi connectivity index (χ0n) is 18.7. The van der Waals surface area contributed by atoms with E-state index in [1.165, 1.54) is 6.26 Å². The molecule has 0 spiro atoms. The van der Waals surface area contributed by atoms with Gasteiger partial charge in [-0.05, 0) is 36.2 Å². The molecule has 1 aliphatic heterocycles. The van der Waals surface area contributed by atoms with Crippen molar-refractivity contribution in [2.24, 2.45) is 4.99 Å². The molecule has 0 bridgehead atoms. The summed E-state index contributed by atoms with van der Waals surface area (Å²) in [4.78, 5) is 9.47. The van der Waals surface area contributed by atoms with Crippen LogP contribution in [0.3, 0.4) is 0 Å². The van der Waals surface area contributed by atoms with Gasteiger partial charge in [-0.2, -0.15) is 0 Å². The van der Waals surface area contributed by atoms with Crippen LogP contribution in [0.15, 0.2) is 64.5 Å². The Bertz CT molecular complexity index is 945. The van der Waals surface area contributed by atoms with Crippen molar-refractivity contribution in [2.75, 3.05) is 59.2 Å². The Balaban J connectivity index is 0.00000363. The number of hydrogen-bond acceptors (Lipinski definition) is 5. The lowest BCUT2D eigenvalue weighted by Gasteiger charge is -2.36. The molecule has 0 aromatic heterocycles. The lowest BCUT2D eigenvalue weighted by atomic mass is 10.1. The number of piperazine rings is 1. The van der Waals surface area contributed by atoms with Gasteiger partial charge in [0, 0.05) is 52.6 Å². The van der Waals surface area contributed by atoms with Crippen LogP contribution in [0.5, 0.6) is 5.75 Å². The number of para-hydroxylation sites is 1. The fourth-order valence-corrected chi connectivity index (χ4v) is 4.18. The Morgan fingerprint density at radius 3 is 2.28 bits per heavy atom. The summed E-state index contributed by atoms with van der Waals surface area (Å²) in [6.45, 7) is 6.16. The minimum absolute atomic E-state index is 0. The van der Waals surface area contributed by atoms with Crippen LogP contribution in [0, 0.1) is 0 Å². The first kappa shape index (κ1) is 26.4. The van der Waals surface area contributed by atoms with Gasteiger partial charge in [-0.25, -0.2) is 8.42 Å². The second-order valence-corrected chi connectivity index (χ2v) is 9.65. The monoisotopic (exact) mass is 572 g/mol. The fourth-order valence-electron chi connectivity index (χ4n) is 3.55. The predicted octanol–water partition coefficient (Wildman–Crippen LogP) is 2.52. The third-order valence-corrected chi connectivity index (χ3v) is 6.48. The largest absolute Gasteiger partial charge is 0.492 e. The third kappa shape index (κ3) is 8.25. The summed E-state index contributed by atoms with van der Waals surface area (Å²) in [6, 6.07) is 17.0. The maximum absolute atomic E-state index is 11.6. The van der Waals surface area contributed by atoms with Crippen molar-refractivity contribution in [2.45, 2.75) is 11.3 Å². The Hall–Kier alpha value is -1.85. The SMILES string of the molecule is CN=C(NCCc1ccc(S(C)(=O)=O)cc1)N1CCN(CCOc2ccccc2)CC1.I. The number of halogens is 1. The van der Waals surface area contributed by atoms with Gasteiger partial charge in [-0.3, -0.25) is 9.89 Å². The molecule has 1 heterocycles. The van der Waals surface area contributed by atoms with E-state index in [2.05, 4.69) is 20.1 Å². The lowest BCUT2D eigenvalue weighted by Crippen LogP contribution is -2.53. The van der Waals surface area contributed by atoms with Gasteiger partial charge in [-0.15, -0.1) is 24.0 Å². The fraction of sp³-hybridized carbons (Fsp3) is 0.435. The molecule has 0 unspecified atom stereocenters. The summed E-state index contributed by atoms with van der Waals surface area (Å²) in [5.41, 5.74) is 1.10. The average Bonchev–Trinajstić information content (AvgIpc) is 2.78. The molecular formula is C23H33IN4O3S. The Morgan fingerprint density at radius 2 is 1.69 bits per heavy atom. The molecular weight excluding hydrogens is 539 g/mol. The minimum atomic E-state index is -3.15. The first-order valence-corrected chi connectivity index (χ1v) is 12.5.